The maximum atomic E-state index is 13.2. The zero-order chi connectivity index (χ0) is 14.5. The van der Waals surface area contributed by atoms with Crippen molar-refractivity contribution in [1.82, 2.24) is 5.32 Å². The van der Waals surface area contributed by atoms with Crippen LogP contribution in [0, 0.1) is 5.82 Å². The highest BCUT2D eigenvalue weighted by molar-refractivity contribution is 5.67. The van der Waals surface area contributed by atoms with Crippen molar-refractivity contribution in [2.75, 3.05) is 13.1 Å². The van der Waals surface area contributed by atoms with Gasteiger partial charge in [-0.05, 0) is 17.7 Å². The quantitative estimate of drug-likeness (QED) is 0.702. The van der Waals surface area contributed by atoms with E-state index in [1.807, 2.05) is 19.9 Å². The molecule has 1 unspecified atom stereocenters. The van der Waals surface area contributed by atoms with Crippen LogP contribution in [0.1, 0.15) is 25.8 Å². The molecule has 19 heavy (non-hydrogen) atoms. The number of aliphatic hydroxyl groups is 1. The van der Waals surface area contributed by atoms with Crippen LogP contribution in [0.2, 0.25) is 0 Å². The van der Waals surface area contributed by atoms with E-state index >= 15 is 0 Å². The number of aliphatic hydroxyl groups excluding tert-OH is 1. The largest absolute Gasteiger partial charge is 0.481 e. The first-order valence-corrected chi connectivity index (χ1v) is 6.18. The minimum Gasteiger partial charge on any atom is -0.481 e. The first kappa shape index (κ1) is 15.6. The molecule has 0 saturated carbocycles. The van der Waals surface area contributed by atoms with Gasteiger partial charge in [0, 0.05) is 18.5 Å². The molecule has 0 bridgehead atoms. The molecular formula is C14H20FNO3. The number of carboxylic acids is 1. The second kappa shape index (κ2) is 6.63. The summed E-state index contributed by atoms with van der Waals surface area (Å²) in [5.41, 5.74) is 0.554. The van der Waals surface area contributed by atoms with Crippen molar-refractivity contribution < 1.29 is 19.4 Å². The van der Waals surface area contributed by atoms with Gasteiger partial charge in [0.05, 0.1) is 12.5 Å². The molecule has 0 amide bonds. The molecule has 3 N–H and O–H groups in total. The minimum absolute atomic E-state index is 0.199. The summed E-state index contributed by atoms with van der Waals surface area (Å²) in [7, 11) is 0. The number of halogens is 1. The van der Waals surface area contributed by atoms with E-state index in [1.54, 1.807) is 6.07 Å². The zero-order valence-electron chi connectivity index (χ0n) is 11.2. The van der Waals surface area contributed by atoms with Gasteiger partial charge in [0.2, 0.25) is 0 Å². The second-order valence-electron chi connectivity index (χ2n) is 5.28. The molecule has 0 saturated heterocycles. The van der Waals surface area contributed by atoms with Crippen LogP contribution in [0.4, 0.5) is 4.39 Å². The second-order valence-corrected chi connectivity index (χ2v) is 5.28. The molecule has 1 atom stereocenters. The Labute approximate surface area is 112 Å². The van der Waals surface area contributed by atoms with Crippen molar-refractivity contribution in [2.45, 2.75) is 31.8 Å². The number of hydrogen-bond acceptors (Lipinski definition) is 3. The van der Waals surface area contributed by atoms with E-state index in [1.165, 1.54) is 12.1 Å². The van der Waals surface area contributed by atoms with E-state index in [-0.39, 0.29) is 24.2 Å². The Morgan fingerprint density at radius 3 is 2.74 bits per heavy atom. The first-order valence-electron chi connectivity index (χ1n) is 6.18. The number of nitrogens with one attached hydrogen (secondary N) is 1. The number of carbonyl (C=O) groups is 1. The Balaban J connectivity index is 2.49. The molecule has 0 aromatic heterocycles. The lowest BCUT2D eigenvalue weighted by Gasteiger charge is -2.26. The predicted octanol–water partition coefficient (Wildman–Crippen LogP) is 1.53. The molecular weight excluding hydrogens is 249 g/mol. The maximum Gasteiger partial charge on any atom is 0.306 e. The molecule has 1 aromatic rings. The van der Waals surface area contributed by atoms with Crippen molar-refractivity contribution in [2.24, 2.45) is 0 Å². The molecule has 1 aromatic carbocycles. The van der Waals surface area contributed by atoms with Crippen molar-refractivity contribution in [3.05, 3.63) is 35.6 Å². The summed E-state index contributed by atoms with van der Waals surface area (Å²) < 4.78 is 13.2. The third-order valence-electron chi connectivity index (χ3n) is 2.96. The summed E-state index contributed by atoms with van der Waals surface area (Å²) >= 11 is 0. The molecule has 0 aliphatic carbocycles. The van der Waals surface area contributed by atoms with E-state index in [0.717, 1.165) is 5.56 Å². The van der Waals surface area contributed by atoms with Gasteiger partial charge in [-0.3, -0.25) is 4.79 Å². The van der Waals surface area contributed by atoms with E-state index in [0.29, 0.717) is 6.54 Å². The highest BCUT2D eigenvalue weighted by Gasteiger charge is 2.21. The van der Waals surface area contributed by atoms with Gasteiger partial charge in [-0.15, -0.1) is 0 Å². The first-order chi connectivity index (χ1) is 8.81. The van der Waals surface area contributed by atoms with Crippen LogP contribution < -0.4 is 5.32 Å². The normalized spacial score (nSPS) is 13.3. The van der Waals surface area contributed by atoms with Gasteiger partial charge in [-0.2, -0.15) is 0 Å². The van der Waals surface area contributed by atoms with Gasteiger partial charge in [0.25, 0.3) is 0 Å². The lowest BCUT2D eigenvalue weighted by Crippen LogP contribution is -2.37. The molecule has 0 aliphatic rings. The Bertz CT molecular complexity index is 434. The van der Waals surface area contributed by atoms with Crippen molar-refractivity contribution in [3.8, 4) is 0 Å². The average molecular weight is 269 g/mol. The Kier molecular flexibility index (Phi) is 5.44. The molecule has 0 aliphatic heterocycles. The fourth-order valence-corrected chi connectivity index (χ4v) is 1.84. The Morgan fingerprint density at radius 2 is 2.16 bits per heavy atom. The number of aliphatic carboxylic acids is 1. The van der Waals surface area contributed by atoms with Crippen LogP contribution in [0.25, 0.3) is 0 Å². The predicted molar refractivity (Wildman–Crippen MR) is 70.6 cm³/mol. The number of carboxylic acid groups (broad SMARTS) is 1. The van der Waals surface area contributed by atoms with Gasteiger partial charge in [-0.25, -0.2) is 4.39 Å². The van der Waals surface area contributed by atoms with E-state index in [4.69, 9.17) is 5.11 Å². The summed E-state index contributed by atoms with van der Waals surface area (Å²) in [5.74, 6) is -1.31. The Hall–Kier alpha value is -1.46. The highest BCUT2D eigenvalue weighted by atomic mass is 19.1. The fraction of sp³-hybridized carbons (Fsp3) is 0.500. The van der Waals surface area contributed by atoms with Crippen LogP contribution >= 0.6 is 0 Å². The fourth-order valence-electron chi connectivity index (χ4n) is 1.84. The van der Waals surface area contributed by atoms with E-state index in [2.05, 4.69) is 5.32 Å². The number of rotatable bonds is 7. The number of benzene rings is 1. The minimum atomic E-state index is -1.03. The Morgan fingerprint density at radius 1 is 1.47 bits per heavy atom. The molecule has 0 radical (unpaired) electrons. The molecule has 4 nitrogen and oxygen atoms in total. The van der Waals surface area contributed by atoms with Crippen LogP contribution in [0.3, 0.4) is 0 Å². The van der Waals surface area contributed by atoms with Crippen LogP contribution in [0.5, 0.6) is 0 Å². The van der Waals surface area contributed by atoms with Crippen molar-refractivity contribution in [1.29, 1.82) is 0 Å². The van der Waals surface area contributed by atoms with Crippen LogP contribution in [0.15, 0.2) is 24.3 Å². The molecule has 0 spiro atoms. The topological polar surface area (TPSA) is 69.6 Å². The third-order valence-corrected chi connectivity index (χ3v) is 2.96. The third kappa shape index (κ3) is 5.36. The van der Waals surface area contributed by atoms with Gasteiger partial charge < -0.3 is 15.5 Å². The molecule has 0 fully saturated rings. The highest BCUT2D eigenvalue weighted by Crippen LogP contribution is 2.22. The summed E-state index contributed by atoms with van der Waals surface area (Å²) in [5, 5.41) is 21.0. The van der Waals surface area contributed by atoms with Crippen molar-refractivity contribution in [3.63, 3.8) is 0 Å². The average Bonchev–Trinajstić information content (AvgIpc) is 2.27. The summed E-state index contributed by atoms with van der Waals surface area (Å²) in [6.07, 6.45) is -1.20. The van der Waals surface area contributed by atoms with Crippen LogP contribution in [-0.2, 0) is 10.2 Å². The SMILES string of the molecule is CC(C)(CNCC(O)CC(=O)O)c1cccc(F)c1. The van der Waals surface area contributed by atoms with Crippen molar-refractivity contribution >= 4 is 5.97 Å². The smallest absolute Gasteiger partial charge is 0.306 e. The summed E-state index contributed by atoms with van der Waals surface area (Å²) in [6, 6.07) is 6.38. The molecule has 5 heteroatoms. The van der Waals surface area contributed by atoms with E-state index in [9.17, 15) is 14.3 Å². The maximum absolute atomic E-state index is 13.2. The lowest BCUT2D eigenvalue weighted by atomic mass is 9.84. The molecule has 0 heterocycles. The number of hydrogen-bond donors (Lipinski definition) is 3. The lowest BCUT2D eigenvalue weighted by molar-refractivity contribution is -0.139. The molecule has 1 rings (SSSR count). The van der Waals surface area contributed by atoms with E-state index < -0.39 is 12.1 Å². The van der Waals surface area contributed by atoms with Gasteiger partial charge in [0.15, 0.2) is 0 Å². The molecule has 106 valence electrons. The zero-order valence-corrected chi connectivity index (χ0v) is 11.2. The van der Waals surface area contributed by atoms with Gasteiger partial charge in [0.1, 0.15) is 5.82 Å². The van der Waals surface area contributed by atoms with Gasteiger partial charge >= 0.3 is 5.97 Å². The van der Waals surface area contributed by atoms with Crippen LogP contribution in [-0.4, -0.2) is 35.4 Å². The monoisotopic (exact) mass is 269 g/mol. The summed E-state index contributed by atoms with van der Waals surface area (Å²) in [4.78, 5) is 10.4. The standard InChI is InChI=1S/C14H20FNO3/c1-14(2,10-4-3-5-11(15)6-10)9-16-8-12(17)7-13(18)19/h3-6,12,16-17H,7-9H2,1-2H3,(H,18,19). The van der Waals surface area contributed by atoms with Gasteiger partial charge in [-0.1, -0.05) is 26.0 Å². The summed E-state index contributed by atoms with van der Waals surface area (Å²) in [6.45, 7) is 4.63.